The van der Waals surface area contributed by atoms with Crippen LogP contribution in [0.2, 0.25) is 0 Å². The molecule has 0 amide bonds. The molecule has 0 radical (unpaired) electrons. The third kappa shape index (κ3) is 4.99. The van der Waals surface area contributed by atoms with Gasteiger partial charge in [-0.05, 0) is 50.1 Å². The van der Waals surface area contributed by atoms with Crippen molar-refractivity contribution in [3.63, 3.8) is 0 Å². The van der Waals surface area contributed by atoms with Crippen LogP contribution in [0.15, 0.2) is 42.5 Å². The van der Waals surface area contributed by atoms with Gasteiger partial charge in [0.25, 0.3) is 0 Å². The van der Waals surface area contributed by atoms with E-state index in [1.54, 1.807) is 7.11 Å². The van der Waals surface area contributed by atoms with Crippen LogP contribution in [0.5, 0.6) is 11.5 Å². The number of H-pyrrole nitrogens is 1. The smallest absolute Gasteiger partial charge is 0.130 e. The number of rotatable bonds is 10. The lowest BCUT2D eigenvalue weighted by Gasteiger charge is -2.14. The van der Waals surface area contributed by atoms with Crippen LogP contribution in [0.25, 0.3) is 10.9 Å². The van der Waals surface area contributed by atoms with Gasteiger partial charge in [-0.1, -0.05) is 24.3 Å². The third-order valence-electron chi connectivity index (χ3n) is 4.54. The Labute approximate surface area is 159 Å². The fourth-order valence-corrected chi connectivity index (χ4v) is 3.14. The van der Waals surface area contributed by atoms with Gasteiger partial charge in [0.05, 0.1) is 23.7 Å². The van der Waals surface area contributed by atoms with Crippen molar-refractivity contribution in [2.45, 2.75) is 25.9 Å². The summed E-state index contributed by atoms with van der Waals surface area (Å²) in [5, 5.41) is 21.6. The van der Waals surface area contributed by atoms with Gasteiger partial charge < -0.3 is 19.9 Å². The maximum atomic E-state index is 10.2. The number of methoxy groups -OCH3 is 1. The van der Waals surface area contributed by atoms with Crippen LogP contribution < -0.4 is 14.8 Å². The SMILES string of the molecule is COc1ccccc1CCCNC[C@H](O)COc1cccc2[nH]nc(C)c12. The molecule has 0 aliphatic rings. The normalized spacial score (nSPS) is 12.3. The van der Waals surface area contributed by atoms with E-state index in [4.69, 9.17) is 9.47 Å². The molecule has 0 spiro atoms. The van der Waals surface area contributed by atoms with Crippen molar-refractivity contribution in [3.8, 4) is 11.5 Å². The van der Waals surface area contributed by atoms with Crippen molar-refractivity contribution in [1.82, 2.24) is 15.5 Å². The number of aliphatic hydroxyl groups is 1. The minimum Gasteiger partial charge on any atom is -0.496 e. The molecule has 0 aliphatic heterocycles. The van der Waals surface area contributed by atoms with Gasteiger partial charge in [0.2, 0.25) is 0 Å². The number of benzene rings is 2. The molecule has 0 aliphatic carbocycles. The average Bonchev–Trinajstić information content (AvgIpc) is 3.08. The number of fused-ring (bicyclic) bond motifs is 1. The number of aryl methyl sites for hydroxylation is 2. The quantitative estimate of drug-likeness (QED) is 0.479. The first kappa shape index (κ1) is 19.2. The number of nitrogens with one attached hydrogen (secondary N) is 2. The summed E-state index contributed by atoms with van der Waals surface area (Å²) in [6, 6.07) is 13.8. The standard InChI is InChI=1S/C21H27N3O3/c1-15-21-18(24-23-15)9-5-11-20(21)27-14-17(25)13-22-12-6-8-16-7-3-4-10-19(16)26-2/h3-5,7,9-11,17,22,25H,6,8,12-14H2,1-2H3,(H,23,24)/t17-/m0/s1. The maximum absolute atomic E-state index is 10.2. The topological polar surface area (TPSA) is 79.4 Å². The van der Waals surface area contributed by atoms with Crippen LogP contribution >= 0.6 is 0 Å². The molecule has 3 rings (SSSR count). The molecule has 0 saturated heterocycles. The number of aromatic nitrogens is 2. The molecule has 144 valence electrons. The molecular weight excluding hydrogens is 342 g/mol. The van der Waals surface area contributed by atoms with Crippen molar-refractivity contribution in [2.75, 3.05) is 26.8 Å². The number of hydrogen-bond acceptors (Lipinski definition) is 5. The molecule has 2 aromatic carbocycles. The summed E-state index contributed by atoms with van der Waals surface area (Å²) in [6.07, 6.45) is 1.34. The number of para-hydroxylation sites is 1. The molecule has 0 bridgehead atoms. The number of aliphatic hydroxyl groups excluding tert-OH is 1. The van der Waals surface area contributed by atoms with Crippen molar-refractivity contribution < 1.29 is 14.6 Å². The van der Waals surface area contributed by atoms with Gasteiger partial charge in [0.15, 0.2) is 0 Å². The van der Waals surface area contributed by atoms with Crippen molar-refractivity contribution in [3.05, 3.63) is 53.7 Å². The fourth-order valence-electron chi connectivity index (χ4n) is 3.14. The van der Waals surface area contributed by atoms with E-state index in [0.717, 1.165) is 47.5 Å². The zero-order chi connectivity index (χ0) is 19.1. The summed E-state index contributed by atoms with van der Waals surface area (Å²) >= 11 is 0. The summed E-state index contributed by atoms with van der Waals surface area (Å²) in [5.74, 6) is 1.67. The fraction of sp³-hybridized carbons (Fsp3) is 0.381. The largest absolute Gasteiger partial charge is 0.496 e. The van der Waals surface area contributed by atoms with Crippen molar-refractivity contribution in [2.24, 2.45) is 0 Å². The summed E-state index contributed by atoms with van der Waals surface area (Å²) in [5.41, 5.74) is 3.03. The lowest BCUT2D eigenvalue weighted by molar-refractivity contribution is 0.107. The first-order valence-electron chi connectivity index (χ1n) is 9.26. The maximum Gasteiger partial charge on any atom is 0.130 e. The zero-order valence-electron chi connectivity index (χ0n) is 15.9. The van der Waals surface area contributed by atoms with Gasteiger partial charge in [-0.25, -0.2) is 0 Å². The molecule has 0 unspecified atom stereocenters. The summed E-state index contributed by atoms with van der Waals surface area (Å²) < 4.78 is 11.2. The summed E-state index contributed by atoms with van der Waals surface area (Å²) in [6.45, 7) is 3.49. The Morgan fingerprint density at radius 2 is 1.96 bits per heavy atom. The van der Waals surface area contributed by atoms with Crippen LogP contribution in [0.3, 0.4) is 0 Å². The highest BCUT2D eigenvalue weighted by Gasteiger charge is 2.10. The molecule has 6 heteroatoms. The zero-order valence-corrected chi connectivity index (χ0v) is 15.9. The second kappa shape index (κ2) is 9.39. The van der Waals surface area contributed by atoms with Crippen LogP contribution in [0.4, 0.5) is 0 Å². The van der Waals surface area contributed by atoms with E-state index in [9.17, 15) is 5.11 Å². The monoisotopic (exact) mass is 369 g/mol. The van der Waals surface area contributed by atoms with Crippen molar-refractivity contribution >= 4 is 10.9 Å². The molecule has 3 aromatic rings. The highest BCUT2D eigenvalue weighted by Crippen LogP contribution is 2.26. The van der Waals surface area contributed by atoms with Gasteiger partial charge in [-0.15, -0.1) is 0 Å². The Hall–Kier alpha value is -2.57. The van der Waals surface area contributed by atoms with Crippen LogP contribution in [-0.2, 0) is 6.42 Å². The van der Waals surface area contributed by atoms with Gasteiger partial charge in [0, 0.05) is 6.54 Å². The van der Waals surface area contributed by atoms with E-state index < -0.39 is 6.10 Å². The van der Waals surface area contributed by atoms with Gasteiger partial charge >= 0.3 is 0 Å². The predicted octanol–water partition coefficient (Wildman–Crippen LogP) is 2.84. The first-order valence-corrected chi connectivity index (χ1v) is 9.26. The molecule has 27 heavy (non-hydrogen) atoms. The molecule has 1 atom stereocenters. The van der Waals surface area contributed by atoms with E-state index >= 15 is 0 Å². The molecule has 0 saturated carbocycles. The highest BCUT2D eigenvalue weighted by molar-refractivity contribution is 5.87. The Morgan fingerprint density at radius 3 is 2.81 bits per heavy atom. The Bertz CT molecular complexity index is 863. The molecule has 6 nitrogen and oxygen atoms in total. The Kier molecular flexibility index (Phi) is 6.68. The lowest BCUT2D eigenvalue weighted by Crippen LogP contribution is -2.32. The van der Waals surface area contributed by atoms with Crippen LogP contribution in [0.1, 0.15) is 17.7 Å². The highest BCUT2D eigenvalue weighted by atomic mass is 16.5. The molecule has 3 N–H and O–H groups in total. The van der Waals surface area contributed by atoms with Gasteiger partial charge in [-0.3, -0.25) is 5.10 Å². The van der Waals surface area contributed by atoms with Crippen molar-refractivity contribution in [1.29, 1.82) is 0 Å². The minimum atomic E-state index is -0.571. The van der Waals surface area contributed by atoms with Crippen LogP contribution in [-0.4, -0.2) is 48.2 Å². The van der Waals surface area contributed by atoms with E-state index in [1.165, 1.54) is 5.56 Å². The Morgan fingerprint density at radius 1 is 1.15 bits per heavy atom. The number of ether oxygens (including phenoxy) is 2. The number of hydrogen-bond donors (Lipinski definition) is 3. The van der Waals surface area contributed by atoms with E-state index in [0.29, 0.717) is 6.54 Å². The van der Waals surface area contributed by atoms with Crippen LogP contribution in [0, 0.1) is 6.92 Å². The third-order valence-corrected chi connectivity index (χ3v) is 4.54. The average molecular weight is 369 g/mol. The number of aromatic amines is 1. The second-order valence-corrected chi connectivity index (χ2v) is 6.57. The minimum absolute atomic E-state index is 0.239. The number of nitrogens with zero attached hydrogens (tertiary/aromatic N) is 1. The Balaban J connectivity index is 1.38. The molecule has 1 heterocycles. The first-order chi connectivity index (χ1) is 13.2. The summed E-state index contributed by atoms with van der Waals surface area (Å²) in [7, 11) is 1.69. The molecule has 1 aromatic heterocycles. The predicted molar refractivity (Wildman–Crippen MR) is 107 cm³/mol. The second-order valence-electron chi connectivity index (χ2n) is 6.57. The molecule has 0 fully saturated rings. The van der Waals surface area contributed by atoms with Gasteiger partial charge in [-0.2, -0.15) is 5.10 Å². The summed E-state index contributed by atoms with van der Waals surface area (Å²) in [4.78, 5) is 0. The van der Waals surface area contributed by atoms with E-state index in [1.807, 2.05) is 43.3 Å². The van der Waals surface area contributed by atoms with E-state index in [-0.39, 0.29) is 6.61 Å². The molecular formula is C21H27N3O3. The van der Waals surface area contributed by atoms with Gasteiger partial charge in [0.1, 0.15) is 24.2 Å². The lowest BCUT2D eigenvalue weighted by atomic mass is 10.1. The van der Waals surface area contributed by atoms with E-state index in [2.05, 4.69) is 21.6 Å².